The van der Waals surface area contributed by atoms with Gasteiger partial charge in [0, 0.05) is 69.0 Å². The number of nitrogens with zero attached hydrogens (tertiary/aromatic N) is 5. The molecule has 0 N–H and O–H groups in total. The van der Waals surface area contributed by atoms with Gasteiger partial charge >= 0.3 is 0 Å². The first kappa shape index (κ1) is 34.3. The van der Waals surface area contributed by atoms with Gasteiger partial charge in [0.1, 0.15) is 11.2 Å². The van der Waals surface area contributed by atoms with Crippen molar-refractivity contribution in [2.24, 2.45) is 0 Å². The molecule has 0 bridgehead atoms. The zero-order valence-electron chi connectivity index (χ0n) is 27.5. The van der Waals surface area contributed by atoms with Crippen LogP contribution in [0, 0.1) is 11.6 Å². The fourth-order valence-electron chi connectivity index (χ4n) is 7.47. The van der Waals surface area contributed by atoms with Crippen LogP contribution in [0.1, 0.15) is 39.5 Å². The number of likely N-dealkylation sites (tertiary alicyclic amines) is 1. The SMILES string of the molecule is CCOc1c(F)cc(S(=O)(=O)c2cnc3ccc([S+](C)[O-])cc3c2N2CCC(N3CCN(C4CCN(CC)CC4)CC3)CC2)cc1F. The van der Waals surface area contributed by atoms with Gasteiger partial charge in [-0.1, -0.05) is 6.92 Å². The highest BCUT2D eigenvalue weighted by atomic mass is 32.2. The van der Waals surface area contributed by atoms with Crippen LogP contribution >= 0.6 is 0 Å². The molecule has 6 rings (SSSR count). The number of benzene rings is 2. The molecule has 3 aliphatic rings. The van der Waals surface area contributed by atoms with Crippen molar-refractivity contribution in [1.82, 2.24) is 19.7 Å². The molecule has 4 heterocycles. The first-order chi connectivity index (χ1) is 22.6. The molecule has 256 valence electrons. The van der Waals surface area contributed by atoms with Gasteiger partial charge in [0.15, 0.2) is 22.3 Å². The van der Waals surface area contributed by atoms with Gasteiger partial charge in [0.2, 0.25) is 9.84 Å². The highest BCUT2D eigenvalue weighted by Gasteiger charge is 2.34. The fourth-order valence-corrected chi connectivity index (χ4v) is 9.46. The molecule has 1 aromatic heterocycles. The average Bonchev–Trinajstić information content (AvgIpc) is 3.09. The molecule has 13 heteroatoms. The van der Waals surface area contributed by atoms with Crippen LogP contribution in [-0.4, -0.2) is 117 Å². The molecular weight excluding hydrogens is 645 g/mol. The Labute approximate surface area is 280 Å². The number of piperidine rings is 2. The van der Waals surface area contributed by atoms with E-state index in [0.717, 1.165) is 57.7 Å². The van der Waals surface area contributed by atoms with Crippen molar-refractivity contribution in [2.45, 2.75) is 66.3 Å². The summed E-state index contributed by atoms with van der Waals surface area (Å²) in [5, 5.41) is 0.548. The third-order valence-electron chi connectivity index (χ3n) is 10.1. The molecule has 0 amide bonds. The van der Waals surface area contributed by atoms with E-state index >= 15 is 0 Å². The lowest BCUT2D eigenvalue weighted by Gasteiger charge is -2.46. The van der Waals surface area contributed by atoms with Gasteiger partial charge < -0.3 is 19.1 Å². The number of aromatic nitrogens is 1. The van der Waals surface area contributed by atoms with Crippen LogP contribution in [0.2, 0.25) is 0 Å². The lowest BCUT2D eigenvalue weighted by atomic mass is 9.99. The second kappa shape index (κ2) is 14.5. The average molecular weight is 690 g/mol. The first-order valence-corrected chi connectivity index (χ1v) is 19.7. The third kappa shape index (κ3) is 7.11. The quantitative estimate of drug-likeness (QED) is 0.300. The van der Waals surface area contributed by atoms with Crippen molar-refractivity contribution < 1.29 is 26.5 Å². The van der Waals surface area contributed by atoms with Crippen LogP contribution in [0.5, 0.6) is 5.75 Å². The van der Waals surface area contributed by atoms with E-state index in [1.807, 2.05) is 0 Å². The Hall–Kier alpha value is -2.55. The Balaban J connectivity index is 1.25. The Bertz CT molecular complexity index is 1650. The van der Waals surface area contributed by atoms with E-state index in [1.54, 1.807) is 31.4 Å². The van der Waals surface area contributed by atoms with Crippen molar-refractivity contribution in [3.63, 3.8) is 0 Å². The third-order valence-corrected chi connectivity index (χ3v) is 12.8. The highest BCUT2D eigenvalue weighted by Crippen LogP contribution is 2.39. The molecule has 2 aromatic carbocycles. The summed E-state index contributed by atoms with van der Waals surface area (Å²) in [7, 11) is -4.41. The van der Waals surface area contributed by atoms with E-state index in [2.05, 4.69) is 31.5 Å². The number of hydrogen-bond donors (Lipinski definition) is 0. The Morgan fingerprint density at radius 3 is 2.00 bits per heavy atom. The second-order valence-corrected chi connectivity index (χ2v) is 16.0. The van der Waals surface area contributed by atoms with Crippen LogP contribution in [0.3, 0.4) is 0 Å². The molecule has 1 atom stereocenters. The first-order valence-electron chi connectivity index (χ1n) is 16.7. The topological polar surface area (TPSA) is 92.3 Å². The fraction of sp³-hybridized carbons (Fsp3) is 0.559. The number of ether oxygens (including phenoxy) is 1. The molecular formula is C34H45F2N5O4S2. The summed E-state index contributed by atoms with van der Waals surface area (Å²) in [6.45, 7) is 12.7. The summed E-state index contributed by atoms with van der Waals surface area (Å²) in [4.78, 5) is 14.2. The lowest BCUT2D eigenvalue weighted by Crippen LogP contribution is -2.56. The van der Waals surface area contributed by atoms with Gasteiger partial charge in [0.05, 0.1) is 22.7 Å². The van der Waals surface area contributed by atoms with Gasteiger partial charge in [-0.25, -0.2) is 17.2 Å². The lowest BCUT2D eigenvalue weighted by molar-refractivity contribution is 0.0384. The predicted octanol–water partition coefficient (Wildman–Crippen LogP) is 4.55. The molecule has 3 aromatic rings. The Morgan fingerprint density at radius 2 is 1.47 bits per heavy atom. The van der Waals surface area contributed by atoms with Crippen LogP contribution < -0.4 is 9.64 Å². The molecule has 0 aliphatic carbocycles. The van der Waals surface area contributed by atoms with Crippen molar-refractivity contribution in [1.29, 1.82) is 0 Å². The molecule has 0 spiro atoms. The summed E-state index contributed by atoms with van der Waals surface area (Å²) >= 11 is -1.31. The standard InChI is InChI=1S/C34H45F2N5O4S2/c1-4-38-12-8-24(9-13-38)39-16-18-40(19-17-39)25-10-14-41(15-11-25)33-28-20-26(46(3)42)6-7-31(28)37-23-32(33)47(43,44)27-21-29(35)34(45-5-2)30(36)22-27/h6-7,20-25H,4-5,8-19H2,1-3H3. The zero-order chi connectivity index (χ0) is 33.3. The zero-order valence-corrected chi connectivity index (χ0v) is 29.1. The van der Waals surface area contributed by atoms with Gasteiger partial charge in [-0.3, -0.25) is 14.8 Å². The maximum atomic E-state index is 14.9. The summed E-state index contributed by atoms with van der Waals surface area (Å²) in [6, 6.07) is 7.84. The number of halogens is 2. The van der Waals surface area contributed by atoms with Gasteiger partial charge in [0.25, 0.3) is 0 Å². The number of piperazine rings is 1. The summed E-state index contributed by atoms with van der Waals surface area (Å²) < 4.78 is 75.5. The molecule has 9 nitrogen and oxygen atoms in total. The summed E-state index contributed by atoms with van der Waals surface area (Å²) in [5.74, 6) is -2.78. The predicted molar refractivity (Wildman–Crippen MR) is 181 cm³/mol. The van der Waals surface area contributed by atoms with E-state index in [1.165, 1.54) is 32.1 Å². The number of sulfone groups is 1. The van der Waals surface area contributed by atoms with E-state index in [4.69, 9.17) is 4.74 Å². The van der Waals surface area contributed by atoms with E-state index < -0.39 is 43.3 Å². The van der Waals surface area contributed by atoms with E-state index in [-0.39, 0.29) is 11.5 Å². The van der Waals surface area contributed by atoms with Gasteiger partial charge in [-0.15, -0.1) is 0 Å². The van der Waals surface area contributed by atoms with E-state index in [9.17, 15) is 21.8 Å². The largest absolute Gasteiger partial charge is 0.612 e. The highest BCUT2D eigenvalue weighted by molar-refractivity contribution is 7.91. The molecule has 47 heavy (non-hydrogen) atoms. The number of rotatable bonds is 9. The van der Waals surface area contributed by atoms with Crippen LogP contribution in [0.4, 0.5) is 14.5 Å². The van der Waals surface area contributed by atoms with Gasteiger partial charge in [-0.2, -0.15) is 0 Å². The number of anilines is 1. The Kier molecular flexibility index (Phi) is 10.6. The number of hydrogen-bond acceptors (Lipinski definition) is 9. The maximum Gasteiger partial charge on any atom is 0.210 e. The second-order valence-electron chi connectivity index (χ2n) is 12.7. The minimum absolute atomic E-state index is 0.0316. The molecule has 0 saturated carbocycles. The molecule has 3 saturated heterocycles. The smallest absolute Gasteiger partial charge is 0.210 e. The van der Waals surface area contributed by atoms with Crippen molar-refractivity contribution in [3.8, 4) is 5.75 Å². The van der Waals surface area contributed by atoms with Crippen molar-refractivity contribution in [2.75, 3.05) is 76.7 Å². The van der Waals surface area contributed by atoms with Gasteiger partial charge in [-0.05, 0) is 87.7 Å². The number of fused-ring (bicyclic) bond motifs is 1. The Morgan fingerprint density at radius 1 is 0.894 bits per heavy atom. The minimum atomic E-state index is -4.41. The monoisotopic (exact) mass is 689 g/mol. The maximum absolute atomic E-state index is 14.9. The molecule has 3 fully saturated rings. The van der Waals surface area contributed by atoms with Crippen molar-refractivity contribution >= 4 is 37.6 Å². The summed E-state index contributed by atoms with van der Waals surface area (Å²) in [6.07, 6.45) is 7.02. The van der Waals surface area contributed by atoms with Crippen molar-refractivity contribution in [3.05, 3.63) is 48.2 Å². The van der Waals surface area contributed by atoms with Crippen LogP contribution in [-0.2, 0) is 21.0 Å². The summed E-state index contributed by atoms with van der Waals surface area (Å²) in [5.41, 5.74) is 0.985. The number of pyridine rings is 1. The minimum Gasteiger partial charge on any atom is -0.612 e. The molecule has 0 radical (unpaired) electrons. The molecule has 1 unspecified atom stereocenters. The molecule has 3 aliphatic heterocycles. The normalized spacial score (nSPS) is 20.6. The van der Waals surface area contributed by atoms with E-state index in [0.29, 0.717) is 46.7 Å². The van der Waals surface area contributed by atoms with Crippen LogP contribution in [0.25, 0.3) is 10.9 Å². The van der Waals surface area contributed by atoms with Crippen LogP contribution in [0.15, 0.2) is 51.2 Å².